The number of likely N-dealkylation sites (tertiary alicyclic amines) is 1. The first kappa shape index (κ1) is 31.0. The number of carbonyl (C=O) groups excluding carboxylic acids is 1. The van der Waals surface area contributed by atoms with Crippen molar-refractivity contribution >= 4 is 56.8 Å². The van der Waals surface area contributed by atoms with Crippen LogP contribution in [0.15, 0.2) is 103 Å². The maximum absolute atomic E-state index is 15.3. The summed E-state index contributed by atoms with van der Waals surface area (Å²) in [7, 11) is 1.59. The van der Waals surface area contributed by atoms with Crippen LogP contribution in [0.25, 0.3) is 21.8 Å². The second-order valence-corrected chi connectivity index (χ2v) is 10.8. The van der Waals surface area contributed by atoms with Crippen molar-refractivity contribution in [2.24, 2.45) is 10.7 Å². The molecule has 1 saturated heterocycles. The Hall–Kier alpha value is -6.04. The van der Waals surface area contributed by atoms with Gasteiger partial charge >= 0.3 is 0 Å². The highest BCUT2D eigenvalue weighted by atomic mass is 19.1. The molecular formula is C35H33FN8O3. The smallest absolute Gasteiger partial charge is 0.245 e. The van der Waals surface area contributed by atoms with Crippen molar-refractivity contribution in [2.75, 3.05) is 30.8 Å². The van der Waals surface area contributed by atoms with E-state index in [0.717, 1.165) is 29.4 Å². The Morgan fingerprint density at radius 2 is 1.89 bits per heavy atom. The molecule has 1 fully saturated rings. The maximum atomic E-state index is 15.3. The average Bonchev–Trinajstić information content (AvgIpc) is 3.09. The van der Waals surface area contributed by atoms with E-state index in [1.807, 2.05) is 42.5 Å². The quantitative estimate of drug-likeness (QED) is 0.0927. The molecule has 3 aromatic carbocycles. The van der Waals surface area contributed by atoms with E-state index in [2.05, 4.69) is 37.2 Å². The summed E-state index contributed by atoms with van der Waals surface area (Å²) in [4.78, 5) is 31.3. The normalized spacial score (nSPS) is 14.0. The Morgan fingerprint density at radius 3 is 2.68 bits per heavy atom. The predicted octanol–water partition coefficient (Wildman–Crippen LogP) is 6.24. The number of allylic oxidation sites excluding steroid dienone is 1. The van der Waals surface area contributed by atoms with Gasteiger partial charge in [-0.05, 0) is 49.2 Å². The lowest BCUT2D eigenvalue weighted by molar-refractivity contribution is -0.126. The summed E-state index contributed by atoms with van der Waals surface area (Å²) in [6.07, 6.45) is 8.93. The number of benzene rings is 3. The number of aromatic nitrogens is 3. The molecule has 4 N–H and O–H groups in total. The summed E-state index contributed by atoms with van der Waals surface area (Å²) in [6.45, 7) is 4.84. The third kappa shape index (κ3) is 7.28. The van der Waals surface area contributed by atoms with Gasteiger partial charge in [0.25, 0.3) is 0 Å². The van der Waals surface area contributed by atoms with Gasteiger partial charge in [-0.15, -0.1) is 0 Å². The van der Waals surface area contributed by atoms with Gasteiger partial charge in [0.05, 0.1) is 41.4 Å². The molecule has 1 aliphatic heterocycles. The summed E-state index contributed by atoms with van der Waals surface area (Å²) < 4.78 is 26.5. The Bertz CT molecular complexity index is 2010. The molecule has 5 aromatic rings. The minimum atomic E-state index is -0.564. The molecule has 2 aromatic heterocycles. The summed E-state index contributed by atoms with van der Waals surface area (Å²) in [6, 6.07) is 17.9. The molecule has 0 bridgehead atoms. The van der Waals surface area contributed by atoms with E-state index in [1.54, 1.807) is 30.3 Å². The summed E-state index contributed by atoms with van der Waals surface area (Å²) >= 11 is 0. The fourth-order valence-corrected chi connectivity index (χ4v) is 5.34. The number of ether oxygens (including phenoxy) is 2. The summed E-state index contributed by atoms with van der Waals surface area (Å²) in [5.74, 6) is 0.656. The maximum Gasteiger partial charge on any atom is 0.245 e. The first-order valence-electron chi connectivity index (χ1n) is 15.0. The first-order chi connectivity index (χ1) is 22.9. The van der Waals surface area contributed by atoms with Crippen LogP contribution < -0.4 is 25.8 Å². The minimum Gasteiger partial charge on any atom is -0.495 e. The molecule has 0 atom stereocenters. The van der Waals surface area contributed by atoms with Gasteiger partial charge < -0.3 is 30.7 Å². The number of amides is 1. The lowest BCUT2D eigenvalue weighted by atomic mass is 10.0. The van der Waals surface area contributed by atoms with Crippen LogP contribution in [0.4, 0.5) is 27.3 Å². The second kappa shape index (κ2) is 13.9. The third-order valence-corrected chi connectivity index (χ3v) is 7.77. The van der Waals surface area contributed by atoms with Gasteiger partial charge in [-0.2, -0.15) is 0 Å². The molecule has 0 unspecified atom stereocenters. The van der Waals surface area contributed by atoms with Crippen LogP contribution in [0, 0.1) is 5.82 Å². The van der Waals surface area contributed by atoms with E-state index in [1.165, 1.54) is 30.8 Å². The molecule has 0 aliphatic carbocycles. The molecule has 0 spiro atoms. The van der Waals surface area contributed by atoms with Crippen LogP contribution in [-0.4, -0.2) is 58.2 Å². The van der Waals surface area contributed by atoms with Crippen molar-refractivity contribution < 1.29 is 18.7 Å². The number of piperidine rings is 1. The van der Waals surface area contributed by atoms with Crippen molar-refractivity contribution in [1.29, 1.82) is 0 Å². The molecule has 47 heavy (non-hydrogen) atoms. The van der Waals surface area contributed by atoms with Crippen molar-refractivity contribution in [3.63, 3.8) is 0 Å². The summed E-state index contributed by atoms with van der Waals surface area (Å²) in [5.41, 5.74) is 9.11. The number of methoxy groups -OCH3 is 1. The van der Waals surface area contributed by atoms with E-state index in [0.29, 0.717) is 41.2 Å². The number of nitrogens with zero attached hydrogens (tertiary/aromatic N) is 5. The highest BCUT2D eigenvalue weighted by Gasteiger charge is 2.23. The molecule has 12 heteroatoms. The second-order valence-electron chi connectivity index (χ2n) is 10.8. The van der Waals surface area contributed by atoms with Gasteiger partial charge in [-0.3, -0.25) is 14.8 Å². The van der Waals surface area contributed by atoms with Gasteiger partial charge in [0, 0.05) is 54.3 Å². The van der Waals surface area contributed by atoms with Crippen LogP contribution in [0.5, 0.6) is 11.5 Å². The molecule has 3 heterocycles. The Kier molecular flexibility index (Phi) is 9.18. The van der Waals surface area contributed by atoms with E-state index >= 15 is 4.39 Å². The predicted molar refractivity (Wildman–Crippen MR) is 182 cm³/mol. The van der Waals surface area contributed by atoms with E-state index < -0.39 is 5.82 Å². The zero-order chi connectivity index (χ0) is 32.8. The van der Waals surface area contributed by atoms with Gasteiger partial charge in [0.1, 0.15) is 29.5 Å². The fraction of sp³-hybridized carbons (Fsp3) is 0.171. The highest BCUT2D eigenvalue weighted by Crippen LogP contribution is 2.35. The third-order valence-electron chi connectivity index (χ3n) is 7.77. The molecule has 6 rings (SSSR count). The molecular weight excluding hydrogens is 599 g/mol. The number of hydrogen-bond acceptors (Lipinski definition) is 10. The zero-order valence-electron chi connectivity index (χ0n) is 25.7. The number of hydrogen-bond donors (Lipinski definition) is 3. The lowest BCUT2D eigenvalue weighted by Gasteiger charge is -2.32. The van der Waals surface area contributed by atoms with Crippen molar-refractivity contribution in [2.45, 2.75) is 18.9 Å². The van der Waals surface area contributed by atoms with E-state index in [9.17, 15) is 4.79 Å². The van der Waals surface area contributed by atoms with Crippen molar-refractivity contribution in [3.05, 3.63) is 104 Å². The Balaban J connectivity index is 1.14. The Morgan fingerprint density at radius 1 is 1.06 bits per heavy atom. The largest absolute Gasteiger partial charge is 0.495 e. The van der Waals surface area contributed by atoms with Gasteiger partial charge in [0.2, 0.25) is 5.91 Å². The van der Waals surface area contributed by atoms with Crippen molar-refractivity contribution in [1.82, 2.24) is 19.9 Å². The van der Waals surface area contributed by atoms with Crippen LogP contribution >= 0.6 is 0 Å². The summed E-state index contributed by atoms with van der Waals surface area (Å²) in [5, 5.41) is 8.26. The minimum absolute atomic E-state index is 0.0383. The van der Waals surface area contributed by atoms with Crippen LogP contribution in [0.2, 0.25) is 0 Å². The molecule has 1 aliphatic rings. The molecule has 238 valence electrons. The van der Waals surface area contributed by atoms with Gasteiger partial charge in [-0.1, -0.05) is 24.8 Å². The number of aliphatic imine (C=N–C) groups is 1. The monoisotopic (exact) mass is 632 g/mol. The number of anilines is 3. The van der Waals surface area contributed by atoms with E-state index in [-0.39, 0.29) is 29.3 Å². The highest BCUT2D eigenvalue weighted by molar-refractivity contribution is 5.95. The number of para-hydroxylation sites is 1. The number of fused-ring (bicyclic) bond motifs is 2. The number of pyridine rings is 1. The molecule has 1 amide bonds. The molecule has 0 radical (unpaired) electrons. The standard InChI is InChI=1S/C35H33FN8O3/c1-3-34(45)44-14-11-23(12-15-44)42-31-18-26-30(19-32(31)46-2)40-21-41-35(26)43-29-9-8-25(17-27(29)36)47-33(37)10-13-38-24-16-22-6-4-5-7-28(22)39-20-24/h3-10,13,16-21,23,42H,1,11-12,14-15,37H2,2H3,(H,40,41,43)/b33-10+,38-13?. The fourth-order valence-electron chi connectivity index (χ4n) is 5.34. The number of halogens is 1. The zero-order valence-corrected chi connectivity index (χ0v) is 25.7. The van der Waals surface area contributed by atoms with Gasteiger partial charge in [-0.25, -0.2) is 14.4 Å². The first-order valence-corrected chi connectivity index (χ1v) is 15.0. The topological polar surface area (TPSA) is 140 Å². The molecule has 0 saturated carbocycles. The SMILES string of the molecule is C=CC(=O)N1CCC(Nc2cc3c(Nc4ccc(O/C(N)=C/C=Nc5cnc6ccccc6c5)cc4F)ncnc3cc2OC)CC1. The lowest BCUT2D eigenvalue weighted by Crippen LogP contribution is -2.41. The van der Waals surface area contributed by atoms with Crippen LogP contribution in [-0.2, 0) is 4.79 Å². The van der Waals surface area contributed by atoms with Crippen molar-refractivity contribution in [3.8, 4) is 11.5 Å². The number of nitrogens with two attached hydrogens (primary N) is 1. The number of rotatable bonds is 10. The average molecular weight is 633 g/mol. The Labute approximate surface area is 270 Å². The van der Waals surface area contributed by atoms with Crippen LogP contribution in [0.1, 0.15) is 12.8 Å². The number of carbonyl (C=O) groups is 1. The van der Waals surface area contributed by atoms with Gasteiger partial charge in [0.15, 0.2) is 5.88 Å². The number of nitrogens with one attached hydrogen (secondary N) is 2. The molecule has 11 nitrogen and oxygen atoms in total. The van der Waals surface area contributed by atoms with E-state index in [4.69, 9.17) is 15.2 Å². The van der Waals surface area contributed by atoms with Crippen LogP contribution in [0.3, 0.4) is 0 Å².